The zero-order valence-corrected chi connectivity index (χ0v) is 13.5. The average molecular weight is 331 g/mol. The van der Waals surface area contributed by atoms with E-state index in [2.05, 4.69) is 15.1 Å². The van der Waals surface area contributed by atoms with E-state index in [1.54, 1.807) is 6.20 Å². The predicted molar refractivity (Wildman–Crippen MR) is 96.3 cm³/mol. The van der Waals surface area contributed by atoms with Gasteiger partial charge in [-0.1, -0.05) is 18.2 Å². The van der Waals surface area contributed by atoms with E-state index in [4.69, 9.17) is 10.5 Å². The highest BCUT2D eigenvalue weighted by Gasteiger charge is 2.13. The molecule has 6 nitrogen and oxygen atoms in total. The van der Waals surface area contributed by atoms with Crippen LogP contribution in [0.5, 0.6) is 11.5 Å². The second kappa shape index (κ2) is 6.70. The van der Waals surface area contributed by atoms with Gasteiger partial charge in [0.1, 0.15) is 23.5 Å². The molecule has 0 unspecified atom stereocenters. The summed E-state index contributed by atoms with van der Waals surface area (Å²) in [5.74, 6) is 1.58. The summed E-state index contributed by atoms with van der Waals surface area (Å²) in [5.41, 5.74) is 8.29. The largest absolute Gasteiger partial charge is 0.457 e. The summed E-state index contributed by atoms with van der Waals surface area (Å²) < 4.78 is 7.65. The molecule has 0 aliphatic heterocycles. The Labute approximate surface area is 144 Å². The van der Waals surface area contributed by atoms with E-state index in [1.165, 1.54) is 6.33 Å². The molecule has 2 heterocycles. The number of hydrogen-bond acceptors (Lipinski definition) is 5. The van der Waals surface area contributed by atoms with E-state index >= 15 is 0 Å². The highest BCUT2D eigenvalue weighted by molar-refractivity contribution is 5.90. The summed E-state index contributed by atoms with van der Waals surface area (Å²) in [5, 5.41) is 5.57. The molecule has 4 rings (SSSR count). The van der Waals surface area contributed by atoms with E-state index in [0.29, 0.717) is 13.1 Å². The Kier molecular flexibility index (Phi) is 4.10. The summed E-state index contributed by atoms with van der Waals surface area (Å²) in [6.45, 7) is 1.12. The first-order valence-corrected chi connectivity index (χ1v) is 8.05. The van der Waals surface area contributed by atoms with Crippen molar-refractivity contribution in [2.24, 2.45) is 5.73 Å². The third-order valence-corrected chi connectivity index (χ3v) is 3.86. The van der Waals surface area contributed by atoms with Crippen molar-refractivity contribution in [1.29, 1.82) is 0 Å². The smallest absolute Gasteiger partial charge is 0.161 e. The Morgan fingerprint density at radius 1 is 0.960 bits per heavy atom. The second-order valence-electron chi connectivity index (χ2n) is 5.56. The monoisotopic (exact) mass is 331 g/mol. The second-order valence-corrected chi connectivity index (χ2v) is 5.56. The summed E-state index contributed by atoms with van der Waals surface area (Å²) in [4.78, 5) is 8.45. The van der Waals surface area contributed by atoms with Gasteiger partial charge in [-0.2, -0.15) is 5.10 Å². The molecule has 2 aromatic carbocycles. The van der Waals surface area contributed by atoms with Crippen molar-refractivity contribution in [2.75, 3.05) is 6.54 Å². The van der Waals surface area contributed by atoms with Crippen molar-refractivity contribution in [1.82, 2.24) is 19.7 Å². The number of nitrogens with zero attached hydrogens (tertiary/aromatic N) is 4. The van der Waals surface area contributed by atoms with Crippen LogP contribution < -0.4 is 10.5 Å². The maximum absolute atomic E-state index is 5.83. The van der Waals surface area contributed by atoms with Crippen molar-refractivity contribution >= 4 is 11.0 Å². The molecule has 6 heteroatoms. The first-order chi connectivity index (χ1) is 12.3. The quantitative estimate of drug-likeness (QED) is 0.607. The molecule has 0 aliphatic carbocycles. The van der Waals surface area contributed by atoms with Crippen LogP contribution in [0.1, 0.15) is 0 Å². The molecule has 25 heavy (non-hydrogen) atoms. The molecule has 0 radical (unpaired) electrons. The summed E-state index contributed by atoms with van der Waals surface area (Å²) in [7, 11) is 0. The fourth-order valence-corrected chi connectivity index (χ4v) is 2.71. The Balaban J connectivity index is 1.67. The molecule has 2 N–H and O–H groups in total. The van der Waals surface area contributed by atoms with Crippen molar-refractivity contribution < 1.29 is 4.74 Å². The van der Waals surface area contributed by atoms with Crippen LogP contribution in [0.3, 0.4) is 0 Å². The van der Waals surface area contributed by atoms with Crippen molar-refractivity contribution in [3.8, 4) is 22.8 Å². The lowest BCUT2D eigenvalue weighted by Crippen LogP contribution is -2.11. The Hall–Kier alpha value is -3.25. The summed E-state index contributed by atoms with van der Waals surface area (Å²) in [6.07, 6.45) is 3.31. The molecular weight excluding hydrogens is 314 g/mol. The lowest BCUT2D eigenvalue weighted by molar-refractivity contribution is 0.483. The van der Waals surface area contributed by atoms with Crippen LogP contribution in [-0.2, 0) is 6.54 Å². The molecule has 0 amide bonds. The van der Waals surface area contributed by atoms with Gasteiger partial charge >= 0.3 is 0 Å². The molecule has 0 saturated heterocycles. The molecular formula is C19H17N5O. The van der Waals surface area contributed by atoms with Gasteiger partial charge in [-0.25, -0.2) is 14.6 Å². The Morgan fingerprint density at radius 3 is 2.48 bits per heavy atom. The first-order valence-electron chi connectivity index (χ1n) is 8.05. The zero-order chi connectivity index (χ0) is 17.1. The number of aromatic nitrogens is 4. The molecule has 0 spiro atoms. The SMILES string of the molecule is NCCn1nc(-c2ccc(Oc3ccccc3)cc2)c2cncnc21. The van der Waals surface area contributed by atoms with Gasteiger partial charge in [-0.05, 0) is 36.4 Å². The van der Waals surface area contributed by atoms with E-state index in [-0.39, 0.29) is 0 Å². The van der Waals surface area contributed by atoms with Gasteiger partial charge in [0.15, 0.2) is 5.65 Å². The standard InChI is InChI=1S/C19H17N5O/c20-10-11-24-19-17(12-21-13-22-19)18(23-24)14-6-8-16(9-7-14)25-15-4-2-1-3-5-15/h1-9,12-13H,10-11,20H2. The number of hydrogen-bond donors (Lipinski definition) is 1. The van der Waals surface area contributed by atoms with Gasteiger partial charge in [0.25, 0.3) is 0 Å². The number of benzene rings is 2. The van der Waals surface area contributed by atoms with Gasteiger partial charge in [0.05, 0.1) is 11.9 Å². The lowest BCUT2D eigenvalue weighted by Gasteiger charge is -2.06. The Bertz CT molecular complexity index is 980. The van der Waals surface area contributed by atoms with Gasteiger partial charge in [-0.15, -0.1) is 0 Å². The number of rotatable bonds is 5. The first kappa shape index (κ1) is 15.3. The van der Waals surface area contributed by atoms with Crippen LogP contribution in [0.4, 0.5) is 0 Å². The molecule has 0 fully saturated rings. The van der Waals surface area contributed by atoms with Crippen LogP contribution in [0.25, 0.3) is 22.3 Å². The predicted octanol–water partition coefficient (Wildman–Crippen LogP) is 3.24. The van der Waals surface area contributed by atoms with Crippen LogP contribution >= 0.6 is 0 Å². The number of para-hydroxylation sites is 1. The summed E-state index contributed by atoms with van der Waals surface area (Å²) in [6, 6.07) is 17.5. The molecule has 0 atom stereocenters. The molecule has 0 bridgehead atoms. The van der Waals surface area contributed by atoms with E-state index < -0.39 is 0 Å². The van der Waals surface area contributed by atoms with Gasteiger partial charge in [-0.3, -0.25) is 0 Å². The Morgan fingerprint density at radius 2 is 1.72 bits per heavy atom. The van der Waals surface area contributed by atoms with Gasteiger partial charge in [0, 0.05) is 18.3 Å². The van der Waals surface area contributed by atoms with Gasteiger partial charge in [0.2, 0.25) is 0 Å². The summed E-state index contributed by atoms with van der Waals surface area (Å²) >= 11 is 0. The lowest BCUT2D eigenvalue weighted by atomic mass is 10.1. The van der Waals surface area contributed by atoms with Crippen LogP contribution in [0, 0.1) is 0 Å². The maximum atomic E-state index is 5.83. The molecule has 2 aromatic heterocycles. The normalized spacial score (nSPS) is 10.9. The van der Waals surface area contributed by atoms with E-state index in [0.717, 1.165) is 33.8 Å². The highest BCUT2D eigenvalue weighted by Crippen LogP contribution is 2.29. The van der Waals surface area contributed by atoms with Crippen LogP contribution in [0.2, 0.25) is 0 Å². The fraction of sp³-hybridized carbons (Fsp3) is 0.105. The molecule has 4 aromatic rings. The van der Waals surface area contributed by atoms with Crippen LogP contribution in [0.15, 0.2) is 67.1 Å². The topological polar surface area (TPSA) is 78.9 Å². The number of fused-ring (bicyclic) bond motifs is 1. The third kappa shape index (κ3) is 3.07. The number of ether oxygens (including phenoxy) is 1. The van der Waals surface area contributed by atoms with Gasteiger partial charge < -0.3 is 10.5 Å². The minimum Gasteiger partial charge on any atom is -0.457 e. The van der Waals surface area contributed by atoms with E-state index in [9.17, 15) is 0 Å². The number of nitrogens with two attached hydrogens (primary N) is 1. The van der Waals surface area contributed by atoms with Crippen LogP contribution in [-0.4, -0.2) is 26.3 Å². The molecule has 0 aliphatic rings. The molecule has 0 saturated carbocycles. The minimum absolute atomic E-state index is 0.504. The van der Waals surface area contributed by atoms with Crippen molar-refractivity contribution in [3.05, 3.63) is 67.1 Å². The highest BCUT2D eigenvalue weighted by atomic mass is 16.5. The van der Waals surface area contributed by atoms with E-state index in [1.807, 2.05) is 59.3 Å². The maximum Gasteiger partial charge on any atom is 0.161 e. The zero-order valence-electron chi connectivity index (χ0n) is 13.5. The minimum atomic E-state index is 0.504. The third-order valence-electron chi connectivity index (χ3n) is 3.86. The van der Waals surface area contributed by atoms with Crippen molar-refractivity contribution in [2.45, 2.75) is 6.54 Å². The van der Waals surface area contributed by atoms with Crippen molar-refractivity contribution in [3.63, 3.8) is 0 Å². The molecule has 124 valence electrons. The fourth-order valence-electron chi connectivity index (χ4n) is 2.71. The average Bonchev–Trinajstić information content (AvgIpc) is 3.03.